The van der Waals surface area contributed by atoms with E-state index in [-0.39, 0.29) is 11.6 Å². The van der Waals surface area contributed by atoms with Crippen molar-refractivity contribution in [3.05, 3.63) is 34.2 Å². The molecule has 1 unspecified atom stereocenters. The molecular formula is C11H18N2O2. The second-order valence-corrected chi connectivity index (χ2v) is 3.47. The highest BCUT2D eigenvalue weighted by atomic mass is 16.5. The summed E-state index contributed by atoms with van der Waals surface area (Å²) < 4.78 is 6.50. The molecule has 0 bridgehead atoms. The molecule has 0 saturated carbocycles. The number of hydrogen-bond donors (Lipinski definition) is 1. The van der Waals surface area contributed by atoms with Crippen LogP contribution in [0.4, 0.5) is 0 Å². The van der Waals surface area contributed by atoms with Gasteiger partial charge in [0.1, 0.15) is 6.73 Å². The third-order valence-electron chi connectivity index (χ3n) is 2.28. The van der Waals surface area contributed by atoms with E-state index in [4.69, 9.17) is 4.74 Å². The summed E-state index contributed by atoms with van der Waals surface area (Å²) in [6, 6.07) is 3.67. The molecule has 0 saturated heterocycles. The molecule has 0 aliphatic rings. The maximum absolute atomic E-state index is 11.4. The maximum Gasteiger partial charge on any atom is 0.252 e. The van der Waals surface area contributed by atoms with Gasteiger partial charge in [-0.05, 0) is 19.0 Å². The van der Waals surface area contributed by atoms with Gasteiger partial charge in [-0.2, -0.15) is 0 Å². The van der Waals surface area contributed by atoms with Gasteiger partial charge >= 0.3 is 0 Å². The van der Waals surface area contributed by atoms with Crippen LogP contribution in [0, 0.1) is 0 Å². The Labute approximate surface area is 89.9 Å². The molecule has 84 valence electrons. The fourth-order valence-electron chi connectivity index (χ4n) is 1.47. The van der Waals surface area contributed by atoms with Gasteiger partial charge in [-0.3, -0.25) is 9.36 Å². The van der Waals surface area contributed by atoms with Crippen molar-refractivity contribution in [3.63, 3.8) is 0 Å². The quantitative estimate of drug-likeness (QED) is 0.792. The van der Waals surface area contributed by atoms with Crippen LogP contribution in [0.15, 0.2) is 23.1 Å². The lowest BCUT2D eigenvalue weighted by Crippen LogP contribution is -2.23. The van der Waals surface area contributed by atoms with Crippen molar-refractivity contribution >= 4 is 0 Å². The average Bonchev–Trinajstić information content (AvgIpc) is 2.22. The van der Waals surface area contributed by atoms with E-state index >= 15 is 0 Å². The minimum absolute atomic E-state index is 0.0377. The summed E-state index contributed by atoms with van der Waals surface area (Å²) in [4.78, 5) is 11.4. The zero-order valence-electron chi connectivity index (χ0n) is 9.49. The molecule has 0 radical (unpaired) electrons. The van der Waals surface area contributed by atoms with Crippen molar-refractivity contribution in [2.75, 3.05) is 13.7 Å². The third-order valence-corrected chi connectivity index (χ3v) is 2.28. The summed E-state index contributed by atoms with van der Waals surface area (Å²) in [6.07, 6.45) is 1.83. The number of aromatic nitrogens is 1. The molecule has 4 heteroatoms. The van der Waals surface area contributed by atoms with Crippen LogP contribution in [0.5, 0.6) is 0 Å². The smallest absolute Gasteiger partial charge is 0.252 e. The summed E-state index contributed by atoms with van der Waals surface area (Å²) in [5.41, 5.74) is 1.05. The van der Waals surface area contributed by atoms with Gasteiger partial charge in [0.05, 0.1) is 0 Å². The maximum atomic E-state index is 11.4. The zero-order chi connectivity index (χ0) is 11.3. The molecule has 1 atom stereocenters. The van der Waals surface area contributed by atoms with Crippen LogP contribution < -0.4 is 10.9 Å². The molecule has 0 aliphatic heterocycles. The fourth-order valence-corrected chi connectivity index (χ4v) is 1.47. The van der Waals surface area contributed by atoms with Crippen molar-refractivity contribution in [2.45, 2.75) is 26.6 Å². The van der Waals surface area contributed by atoms with Crippen LogP contribution >= 0.6 is 0 Å². The molecule has 1 rings (SSSR count). The van der Waals surface area contributed by atoms with Crippen molar-refractivity contribution in [1.82, 2.24) is 9.88 Å². The topological polar surface area (TPSA) is 43.3 Å². The minimum atomic E-state index is -0.0377. The highest BCUT2D eigenvalue weighted by Gasteiger charge is 2.05. The highest BCUT2D eigenvalue weighted by Crippen LogP contribution is 2.09. The zero-order valence-corrected chi connectivity index (χ0v) is 9.49. The van der Waals surface area contributed by atoms with Gasteiger partial charge in [-0.1, -0.05) is 13.0 Å². The molecule has 0 fully saturated rings. The molecular weight excluding hydrogens is 192 g/mol. The van der Waals surface area contributed by atoms with Gasteiger partial charge in [0.15, 0.2) is 0 Å². The van der Waals surface area contributed by atoms with E-state index < -0.39 is 0 Å². The number of ether oxygens (including phenoxy) is 1. The summed E-state index contributed by atoms with van der Waals surface area (Å²) in [5.74, 6) is 0. The Balaban J connectivity index is 2.91. The second-order valence-electron chi connectivity index (χ2n) is 3.47. The first-order valence-corrected chi connectivity index (χ1v) is 5.11. The van der Waals surface area contributed by atoms with E-state index in [2.05, 4.69) is 19.2 Å². The van der Waals surface area contributed by atoms with Crippen molar-refractivity contribution in [1.29, 1.82) is 0 Å². The van der Waals surface area contributed by atoms with Crippen LogP contribution in [-0.2, 0) is 11.5 Å². The number of rotatable bonds is 5. The van der Waals surface area contributed by atoms with Crippen LogP contribution in [0.3, 0.4) is 0 Å². The highest BCUT2D eigenvalue weighted by molar-refractivity contribution is 5.13. The van der Waals surface area contributed by atoms with E-state index in [1.165, 1.54) is 0 Å². The normalized spacial score (nSPS) is 12.7. The Morgan fingerprint density at radius 1 is 1.53 bits per heavy atom. The molecule has 0 aromatic carbocycles. The summed E-state index contributed by atoms with van der Waals surface area (Å²) >= 11 is 0. The van der Waals surface area contributed by atoms with E-state index in [1.807, 2.05) is 12.3 Å². The molecule has 0 aliphatic carbocycles. The monoisotopic (exact) mass is 210 g/mol. The minimum Gasteiger partial charge on any atom is -0.364 e. The molecule has 1 heterocycles. The first-order chi connectivity index (χ1) is 7.19. The number of nitrogens with zero attached hydrogens (tertiary/aromatic N) is 1. The Morgan fingerprint density at radius 3 is 2.87 bits per heavy atom. The van der Waals surface area contributed by atoms with E-state index in [0.29, 0.717) is 6.73 Å². The predicted molar refractivity (Wildman–Crippen MR) is 59.8 cm³/mol. The second kappa shape index (κ2) is 5.68. The Hall–Kier alpha value is -1.13. The fraction of sp³-hybridized carbons (Fsp3) is 0.545. The van der Waals surface area contributed by atoms with Crippen molar-refractivity contribution in [2.24, 2.45) is 0 Å². The van der Waals surface area contributed by atoms with Gasteiger partial charge in [0.2, 0.25) is 0 Å². The summed E-state index contributed by atoms with van der Waals surface area (Å²) in [6.45, 7) is 5.33. The van der Waals surface area contributed by atoms with E-state index in [1.54, 1.807) is 17.7 Å². The van der Waals surface area contributed by atoms with Crippen molar-refractivity contribution in [3.8, 4) is 0 Å². The van der Waals surface area contributed by atoms with Gasteiger partial charge in [-0.15, -0.1) is 0 Å². The van der Waals surface area contributed by atoms with Crippen molar-refractivity contribution < 1.29 is 4.74 Å². The number of nitrogens with one attached hydrogen (secondary N) is 1. The molecule has 1 aromatic heterocycles. The predicted octanol–water partition coefficient (Wildman–Crippen LogP) is 1.12. The lowest BCUT2D eigenvalue weighted by Gasteiger charge is -2.14. The van der Waals surface area contributed by atoms with E-state index in [9.17, 15) is 4.79 Å². The standard InChI is InChI=1S/C11H18N2O2/c1-4-12-9(2)10-5-6-11(14)13(7-10)8-15-3/h5-7,9,12H,4,8H2,1-3H3. The Kier molecular flexibility index (Phi) is 4.52. The molecule has 0 amide bonds. The summed E-state index contributed by atoms with van der Waals surface area (Å²) in [5, 5.41) is 3.29. The Morgan fingerprint density at radius 2 is 2.27 bits per heavy atom. The van der Waals surface area contributed by atoms with Gasteiger partial charge in [-0.25, -0.2) is 0 Å². The van der Waals surface area contributed by atoms with Gasteiger partial charge < -0.3 is 10.1 Å². The lowest BCUT2D eigenvalue weighted by molar-refractivity contribution is 0.128. The van der Waals surface area contributed by atoms with Crippen LogP contribution in [0.1, 0.15) is 25.5 Å². The number of hydrogen-bond acceptors (Lipinski definition) is 3. The molecule has 1 aromatic rings. The first-order valence-electron chi connectivity index (χ1n) is 5.11. The van der Waals surface area contributed by atoms with Crippen LogP contribution in [-0.4, -0.2) is 18.2 Å². The first kappa shape index (κ1) is 11.9. The molecule has 4 nitrogen and oxygen atoms in total. The Bertz CT molecular complexity index is 360. The number of pyridine rings is 1. The molecule has 0 spiro atoms. The molecule has 15 heavy (non-hydrogen) atoms. The molecule has 1 N–H and O–H groups in total. The van der Waals surface area contributed by atoms with Crippen LogP contribution in [0.2, 0.25) is 0 Å². The van der Waals surface area contributed by atoms with Gasteiger partial charge in [0.25, 0.3) is 5.56 Å². The lowest BCUT2D eigenvalue weighted by atomic mass is 10.1. The third kappa shape index (κ3) is 3.18. The average molecular weight is 210 g/mol. The number of methoxy groups -OCH3 is 1. The summed E-state index contributed by atoms with van der Waals surface area (Å²) in [7, 11) is 1.58. The SMILES string of the molecule is CCNC(C)c1ccc(=O)n(COC)c1. The van der Waals surface area contributed by atoms with Crippen LogP contribution in [0.25, 0.3) is 0 Å². The van der Waals surface area contributed by atoms with Gasteiger partial charge in [0, 0.05) is 25.4 Å². The largest absolute Gasteiger partial charge is 0.364 e. The van der Waals surface area contributed by atoms with E-state index in [0.717, 1.165) is 12.1 Å².